The first kappa shape index (κ1) is 8.42. The van der Waals surface area contributed by atoms with Gasteiger partial charge in [-0.2, -0.15) is 0 Å². The molecule has 2 N–H and O–H groups in total. The van der Waals surface area contributed by atoms with Crippen LogP contribution < -0.4 is 5.73 Å². The third-order valence-electron chi connectivity index (χ3n) is 2.28. The summed E-state index contributed by atoms with van der Waals surface area (Å²) in [6.07, 6.45) is 2.62. The lowest BCUT2D eigenvalue weighted by Gasteiger charge is -2.28. The molecule has 0 aromatic heterocycles. The summed E-state index contributed by atoms with van der Waals surface area (Å²) < 4.78 is 0. The van der Waals surface area contributed by atoms with E-state index >= 15 is 0 Å². The molecule has 1 aliphatic heterocycles. The van der Waals surface area contributed by atoms with Gasteiger partial charge in [-0.3, -0.25) is 4.90 Å². The van der Waals surface area contributed by atoms with Crippen LogP contribution in [0.25, 0.3) is 0 Å². The fourth-order valence-electron chi connectivity index (χ4n) is 1.38. The van der Waals surface area contributed by atoms with Crippen LogP contribution in [-0.2, 0) is 0 Å². The molecule has 0 radical (unpaired) electrons. The van der Waals surface area contributed by atoms with E-state index in [4.69, 9.17) is 5.73 Å². The Morgan fingerprint density at radius 2 is 2.09 bits per heavy atom. The van der Waals surface area contributed by atoms with Gasteiger partial charge in [0.1, 0.15) is 0 Å². The smallest absolute Gasteiger partial charge is 0.0619 e. The Morgan fingerprint density at radius 1 is 1.45 bits per heavy atom. The predicted octanol–water partition coefficient (Wildman–Crippen LogP) is 0.638. The largest absolute Gasteiger partial charge is 0.359 e. The van der Waals surface area contributed by atoms with Gasteiger partial charge in [-0.15, -0.1) is 0 Å². The normalized spacial score (nSPS) is 20.8. The van der Waals surface area contributed by atoms with Crippen molar-refractivity contribution < 1.29 is 0 Å². The van der Waals surface area contributed by atoms with Gasteiger partial charge >= 0.3 is 0 Å². The molecule has 0 spiro atoms. The Bertz CT molecular complexity index is 158. The lowest BCUT2D eigenvalue weighted by molar-refractivity contribution is 0.213. The number of nitrogens with two attached hydrogens (primary N) is 1. The second-order valence-electron chi connectivity index (χ2n) is 3.28. The minimum atomic E-state index is 0.850. The average Bonchev–Trinajstić information content (AvgIpc) is 2.04. The lowest BCUT2D eigenvalue weighted by Crippen LogP contribution is -2.33. The molecule has 0 atom stereocenters. The fourth-order valence-corrected chi connectivity index (χ4v) is 1.38. The van der Waals surface area contributed by atoms with Gasteiger partial charge in [-0.1, -0.05) is 12.8 Å². The minimum Gasteiger partial charge on any atom is -0.359 e. The summed E-state index contributed by atoms with van der Waals surface area (Å²) in [5, 5.41) is 0. The van der Waals surface area contributed by atoms with E-state index in [-0.39, 0.29) is 0 Å². The van der Waals surface area contributed by atoms with Gasteiger partial charge in [-0.05, 0) is 31.8 Å². The summed E-state index contributed by atoms with van der Waals surface area (Å²) in [6, 6.07) is 2.43. The summed E-state index contributed by atoms with van der Waals surface area (Å²) in [6.45, 7) is 5.54. The molecule has 2 heteroatoms. The molecule has 0 unspecified atom stereocenters. The average molecular weight is 152 g/mol. The third kappa shape index (κ3) is 2.81. The van der Waals surface area contributed by atoms with Crippen LogP contribution in [0, 0.1) is 17.9 Å². The fraction of sp³-hybridized carbons (Fsp3) is 0.778. The van der Waals surface area contributed by atoms with Crippen molar-refractivity contribution in [1.82, 2.24) is 4.90 Å². The molecule has 1 saturated heterocycles. The number of hydrogen-bond acceptors (Lipinski definition) is 2. The molecule has 1 heterocycles. The number of nitrogens with zero attached hydrogens (tertiary/aromatic N) is 1. The van der Waals surface area contributed by atoms with Gasteiger partial charge in [0.25, 0.3) is 0 Å². The third-order valence-corrected chi connectivity index (χ3v) is 2.28. The molecule has 0 bridgehead atoms. The van der Waals surface area contributed by atoms with Gasteiger partial charge in [-0.25, -0.2) is 0 Å². The molecule has 2 nitrogen and oxygen atoms in total. The van der Waals surface area contributed by atoms with Gasteiger partial charge in [0.05, 0.1) is 6.54 Å². The van der Waals surface area contributed by atoms with E-state index < -0.39 is 0 Å². The number of likely N-dealkylation sites (tertiary alicyclic amines) is 1. The van der Waals surface area contributed by atoms with Crippen molar-refractivity contribution >= 4 is 0 Å². The molecule has 0 saturated carbocycles. The SMILES string of the molecule is CC1CCN(CC#CN)CC1. The van der Waals surface area contributed by atoms with Crippen molar-refractivity contribution in [2.75, 3.05) is 19.6 Å². The van der Waals surface area contributed by atoms with Gasteiger partial charge < -0.3 is 5.73 Å². The first-order valence-electron chi connectivity index (χ1n) is 4.23. The van der Waals surface area contributed by atoms with E-state index in [0.29, 0.717) is 0 Å². The van der Waals surface area contributed by atoms with Crippen LogP contribution in [0.3, 0.4) is 0 Å². The van der Waals surface area contributed by atoms with E-state index in [0.717, 1.165) is 12.5 Å². The van der Waals surface area contributed by atoms with Crippen molar-refractivity contribution in [2.24, 2.45) is 11.7 Å². The van der Waals surface area contributed by atoms with E-state index in [2.05, 4.69) is 23.8 Å². The second-order valence-corrected chi connectivity index (χ2v) is 3.28. The maximum atomic E-state index is 5.09. The number of piperidine rings is 1. The molecule has 1 rings (SSSR count). The molecule has 11 heavy (non-hydrogen) atoms. The van der Waals surface area contributed by atoms with Crippen LogP contribution in [-0.4, -0.2) is 24.5 Å². The zero-order chi connectivity index (χ0) is 8.10. The highest BCUT2D eigenvalue weighted by molar-refractivity contribution is 4.97. The minimum absolute atomic E-state index is 0.850. The van der Waals surface area contributed by atoms with Crippen LogP contribution in [0.15, 0.2) is 0 Å². The number of rotatable bonds is 1. The summed E-state index contributed by atoms with van der Waals surface area (Å²) in [5.74, 6) is 3.79. The second kappa shape index (κ2) is 4.25. The topological polar surface area (TPSA) is 29.3 Å². The maximum Gasteiger partial charge on any atom is 0.0619 e. The van der Waals surface area contributed by atoms with Crippen LogP contribution in [0.2, 0.25) is 0 Å². The van der Waals surface area contributed by atoms with Crippen molar-refractivity contribution in [3.05, 3.63) is 0 Å². The highest BCUT2D eigenvalue weighted by Gasteiger charge is 2.13. The quantitative estimate of drug-likeness (QED) is 0.441. The molecular formula is C9H16N2. The molecule has 1 fully saturated rings. The van der Waals surface area contributed by atoms with Crippen molar-refractivity contribution in [1.29, 1.82) is 0 Å². The Kier molecular flexibility index (Phi) is 3.25. The van der Waals surface area contributed by atoms with Gasteiger partial charge in [0, 0.05) is 6.04 Å². The summed E-state index contributed by atoms with van der Waals surface area (Å²) in [7, 11) is 0. The van der Waals surface area contributed by atoms with E-state index in [1.807, 2.05) is 0 Å². The summed E-state index contributed by atoms with van der Waals surface area (Å²) >= 11 is 0. The van der Waals surface area contributed by atoms with Crippen molar-refractivity contribution in [3.63, 3.8) is 0 Å². The van der Waals surface area contributed by atoms with Crippen LogP contribution in [0.4, 0.5) is 0 Å². The Balaban J connectivity index is 2.20. The summed E-state index contributed by atoms with van der Waals surface area (Å²) in [5.41, 5.74) is 5.09. The van der Waals surface area contributed by atoms with Crippen LogP contribution >= 0.6 is 0 Å². The van der Waals surface area contributed by atoms with E-state index in [9.17, 15) is 0 Å². The Labute approximate surface area is 68.8 Å². The van der Waals surface area contributed by atoms with Crippen molar-refractivity contribution in [2.45, 2.75) is 19.8 Å². The first-order chi connectivity index (χ1) is 5.33. The van der Waals surface area contributed by atoms with E-state index in [1.165, 1.54) is 25.9 Å². The molecule has 62 valence electrons. The molecule has 1 aliphatic rings. The molecule has 0 aromatic carbocycles. The van der Waals surface area contributed by atoms with E-state index in [1.54, 1.807) is 0 Å². The Morgan fingerprint density at radius 3 is 2.64 bits per heavy atom. The molecular weight excluding hydrogens is 136 g/mol. The zero-order valence-electron chi connectivity index (χ0n) is 7.14. The highest BCUT2D eigenvalue weighted by atomic mass is 15.1. The zero-order valence-corrected chi connectivity index (χ0v) is 7.14. The lowest BCUT2D eigenvalue weighted by atomic mass is 9.99. The monoisotopic (exact) mass is 152 g/mol. The van der Waals surface area contributed by atoms with Gasteiger partial charge in [0.15, 0.2) is 0 Å². The molecule has 0 aliphatic carbocycles. The highest BCUT2D eigenvalue weighted by Crippen LogP contribution is 2.14. The van der Waals surface area contributed by atoms with Gasteiger partial charge in [0.2, 0.25) is 0 Å². The maximum absolute atomic E-state index is 5.09. The van der Waals surface area contributed by atoms with Crippen molar-refractivity contribution in [3.8, 4) is 12.0 Å². The predicted molar refractivity (Wildman–Crippen MR) is 46.8 cm³/mol. The summed E-state index contributed by atoms with van der Waals surface area (Å²) in [4.78, 5) is 2.36. The van der Waals surface area contributed by atoms with Crippen LogP contribution in [0.1, 0.15) is 19.8 Å². The van der Waals surface area contributed by atoms with Crippen LogP contribution in [0.5, 0.6) is 0 Å². The number of hydrogen-bond donors (Lipinski definition) is 1. The standard InChI is InChI=1S/C9H16N2/c1-9-3-7-11(8-4-9)6-2-5-10/h9H,3-4,6-8,10H2,1H3. The molecule has 0 aromatic rings. The Hall–Kier alpha value is -0.680. The molecule has 0 amide bonds. The first-order valence-corrected chi connectivity index (χ1v) is 4.23.